The molecule has 0 bridgehead atoms. The Morgan fingerprint density at radius 1 is 1.38 bits per heavy atom. The van der Waals surface area contributed by atoms with Crippen LogP contribution in [-0.2, 0) is 9.47 Å². The molecule has 7 heteroatoms. The molecular weight excluding hydrogens is 370 g/mol. The topological polar surface area (TPSA) is 83.8 Å². The van der Waals surface area contributed by atoms with Crippen molar-refractivity contribution in [2.45, 2.75) is 57.8 Å². The van der Waals surface area contributed by atoms with Crippen molar-refractivity contribution >= 4 is 6.09 Å². The van der Waals surface area contributed by atoms with Gasteiger partial charge in [0.25, 0.3) is 0 Å². The molecule has 0 unspecified atom stereocenters. The van der Waals surface area contributed by atoms with Crippen LogP contribution in [0.4, 0.5) is 4.79 Å². The molecule has 0 saturated carbocycles. The third-order valence-electron chi connectivity index (χ3n) is 4.83. The van der Waals surface area contributed by atoms with E-state index in [1.54, 1.807) is 19.2 Å². The van der Waals surface area contributed by atoms with Gasteiger partial charge in [0, 0.05) is 32.8 Å². The van der Waals surface area contributed by atoms with Crippen LogP contribution in [0.5, 0.6) is 5.75 Å². The number of carbonyl (C=O) groups excluding carboxylic acids is 1. The first-order chi connectivity index (χ1) is 13.8. The molecule has 1 saturated heterocycles. The summed E-state index contributed by atoms with van der Waals surface area (Å²) in [5.74, 6) is 0.713. The zero-order chi connectivity index (χ0) is 21.3. The van der Waals surface area contributed by atoms with Gasteiger partial charge in [0.15, 0.2) is 0 Å². The number of amides is 1. The molecule has 0 radical (unpaired) electrons. The highest BCUT2D eigenvalue weighted by atomic mass is 16.6. The molecule has 1 fully saturated rings. The Morgan fingerprint density at radius 2 is 2.17 bits per heavy atom. The zero-order valence-electron chi connectivity index (χ0n) is 17.9. The number of methoxy groups -OCH3 is 1. The van der Waals surface area contributed by atoms with Crippen LogP contribution in [0.25, 0.3) is 0 Å². The molecule has 160 valence electrons. The Balaban J connectivity index is 1.81. The Morgan fingerprint density at radius 3 is 2.86 bits per heavy atom. The fraction of sp³-hybridized carbons (Fsp3) is 0.636. The average Bonchev–Trinajstić information content (AvgIpc) is 2.69. The van der Waals surface area contributed by atoms with Gasteiger partial charge in [-0.3, -0.25) is 4.90 Å². The molecule has 1 aromatic rings. The number of alkyl carbamates (subject to hydrolysis) is 1. The van der Waals surface area contributed by atoms with Gasteiger partial charge in [-0.25, -0.2) is 4.79 Å². The lowest BCUT2D eigenvalue weighted by molar-refractivity contribution is 0.00712. The van der Waals surface area contributed by atoms with E-state index in [9.17, 15) is 4.79 Å². The first-order valence-corrected chi connectivity index (χ1v) is 10.2. The van der Waals surface area contributed by atoms with Gasteiger partial charge in [-0.1, -0.05) is 6.07 Å². The fourth-order valence-electron chi connectivity index (χ4n) is 3.41. The first kappa shape index (κ1) is 23.0. The summed E-state index contributed by atoms with van der Waals surface area (Å²) in [7, 11) is 1.74. The number of carbonyl (C=O) groups is 1. The minimum atomic E-state index is -0.508. The van der Waals surface area contributed by atoms with Gasteiger partial charge < -0.3 is 19.5 Å². The molecule has 7 nitrogen and oxygen atoms in total. The molecule has 29 heavy (non-hydrogen) atoms. The van der Waals surface area contributed by atoms with Crippen LogP contribution in [0.3, 0.4) is 0 Å². The van der Waals surface area contributed by atoms with E-state index >= 15 is 0 Å². The van der Waals surface area contributed by atoms with E-state index in [4.69, 9.17) is 19.5 Å². The summed E-state index contributed by atoms with van der Waals surface area (Å²) < 4.78 is 16.7. The summed E-state index contributed by atoms with van der Waals surface area (Å²) >= 11 is 0. The Labute approximate surface area is 173 Å². The predicted molar refractivity (Wildman–Crippen MR) is 111 cm³/mol. The van der Waals surface area contributed by atoms with E-state index < -0.39 is 11.7 Å². The molecule has 0 spiro atoms. The molecule has 0 aliphatic carbocycles. The monoisotopic (exact) mass is 403 g/mol. The highest BCUT2D eigenvalue weighted by molar-refractivity contribution is 5.67. The van der Waals surface area contributed by atoms with Crippen LogP contribution >= 0.6 is 0 Å². The number of rotatable bonds is 8. The van der Waals surface area contributed by atoms with Crippen molar-refractivity contribution < 1.29 is 19.0 Å². The molecular formula is C22H33N3O4. The Kier molecular flexibility index (Phi) is 8.74. The van der Waals surface area contributed by atoms with Crippen molar-refractivity contribution in [3.05, 3.63) is 29.8 Å². The lowest BCUT2D eigenvalue weighted by Gasteiger charge is -2.39. The number of likely N-dealkylation sites (tertiary alicyclic amines) is 1. The standard InChI is InChI=1S/C22H33N3O4/c1-22(2,3)29-21(26)24-16-18-14-19(27-4)9-11-25(18)10-6-12-28-20-8-5-7-17(13-20)15-23/h5,7-8,13,18-19H,6,9-12,14,16H2,1-4H3,(H,24,26)/t18-,19-/m0/s1. The van der Waals surface area contributed by atoms with E-state index in [0.717, 1.165) is 32.4 Å². The SMILES string of the molecule is CO[C@H]1CCN(CCCOc2cccc(C#N)c2)[C@H](CNC(=O)OC(C)(C)C)C1. The van der Waals surface area contributed by atoms with Crippen molar-refractivity contribution in [2.75, 3.05) is 33.4 Å². The quantitative estimate of drug-likeness (QED) is 0.670. The third-order valence-corrected chi connectivity index (χ3v) is 4.83. The molecule has 0 aromatic heterocycles. The molecule has 1 aliphatic heterocycles. The van der Waals surface area contributed by atoms with Crippen molar-refractivity contribution in [3.8, 4) is 11.8 Å². The van der Waals surface area contributed by atoms with Gasteiger partial charge in [0.05, 0.1) is 24.3 Å². The van der Waals surface area contributed by atoms with Gasteiger partial charge in [-0.15, -0.1) is 0 Å². The number of nitrogens with one attached hydrogen (secondary N) is 1. The van der Waals surface area contributed by atoms with Crippen LogP contribution < -0.4 is 10.1 Å². The van der Waals surface area contributed by atoms with Crippen molar-refractivity contribution in [2.24, 2.45) is 0 Å². The summed E-state index contributed by atoms with van der Waals surface area (Å²) in [6.45, 7) is 8.45. The maximum Gasteiger partial charge on any atom is 0.407 e. The minimum Gasteiger partial charge on any atom is -0.494 e. The molecule has 2 atom stereocenters. The maximum absolute atomic E-state index is 12.0. The van der Waals surface area contributed by atoms with E-state index in [0.29, 0.717) is 24.5 Å². The fourth-order valence-corrected chi connectivity index (χ4v) is 3.41. The number of hydrogen-bond acceptors (Lipinski definition) is 6. The van der Waals surface area contributed by atoms with Crippen molar-refractivity contribution in [1.29, 1.82) is 5.26 Å². The summed E-state index contributed by atoms with van der Waals surface area (Å²) in [5.41, 5.74) is 0.0865. The zero-order valence-corrected chi connectivity index (χ0v) is 17.9. The van der Waals surface area contributed by atoms with E-state index in [2.05, 4.69) is 16.3 Å². The number of hydrogen-bond donors (Lipinski definition) is 1. The lowest BCUT2D eigenvalue weighted by atomic mass is 9.99. The van der Waals surface area contributed by atoms with E-state index in [-0.39, 0.29) is 12.1 Å². The Bertz CT molecular complexity index is 696. The van der Waals surface area contributed by atoms with Crippen LogP contribution in [0.2, 0.25) is 0 Å². The van der Waals surface area contributed by atoms with Crippen LogP contribution in [0.1, 0.15) is 45.6 Å². The number of nitrogens with zero attached hydrogens (tertiary/aromatic N) is 2. The maximum atomic E-state index is 12.0. The van der Waals surface area contributed by atoms with Crippen molar-refractivity contribution in [1.82, 2.24) is 10.2 Å². The summed E-state index contributed by atoms with van der Waals surface area (Å²) in [5, 5.41) is 11.9. The van der Waals surface area contributed by atoms with Crippen molar-refractivity contribution in [3.63, 3.8) is 0 Å². The number of piperidine rings is 1. The molecule has 1 aromatic carbocycles. The lowest BCUT2D eigenvalue weighted by Crippen LogP contribution is -2.51. The highest BCUT2D eigenvalue weighted by Crippen LogP contribution is 2.20. The summed E-state index contributed by atoms with van der Waals surface area (Å²) in [4.78, 5) is 14.4. The van der Waals surface area contributed by atoms with Crippen LogP contribution in [0.15, 0.2) is 24.3 Å². The first-order valence-electron chi connectivity index (χ1n) is 10.2. The highest BCUT2D eigenvalue weighted by Gasteiger charge is 2.29. The van der Waals surface area contributed by atoms with E-state index in [1.165, 1.54) is 0 Å². The predicted octanol–water partition coefficient (Wildman–Crippen LogP) is 3.33. The molecule has 1 aliphatic rings. The van der Waals surface area contributed by atoms with Crippen LogP contribution in [0, 0.1) is 11.3 Å². The van der Waals surface area contributed by atoms with Gasteiger partial charge in [0.2, 0.25) is 0 Å². The molecule has 1 N–H and O–H groups in total. The smallest absolute Gasteiger partial charge is 0.407 e. The van der Waals surface area contributed by atoms with Gasteiger partial charge in [-0.2, -0.15) is 5.26 Å². The van der Waals surface area contributed by atoms with Gasteiger partial charge in [-0.05, 0) is 58.2 Å². The normalized spacial score (nSPS) is 20.0. The largest absolute Gasteiger partial charge is 0.494 e. The number of ether oxygens (including phenoxy) is 3. The van der Waals surface area contributed by atoms with Gasteiger partial charge in [0.1, 0.15) is 11.4 Å². The second kappa shape index (κ2) is 11.0. The third kappa shape index (κ3) is 8.30. The molecule has 1 amide bonds. The van der Waals surface area contributed by atoms with E-state index in [1.807, 2.05) is 32.9 Å². The Hall–Kier alpha value is -2.30. The molecule has 1 heterocycles. The number of benzene rings is 1. The molecule has 2 rings (SSSR count). The second-order valence-corrected chi connectivity index (χ2v) is 8.30. The minimum absolute atomic E-state index is 0.197. The average molecular weight is 404 g/mol. The number of nitriles is 1. The summed E-state index contributed by atoms with van der Waals surface area (Å²) in [6, 6.07) is 9.50. The van der Waals surface area contributed by atoms with Gasteiger partial charge >= 0.3 is 6.09 Å². The van der Waals surface area contributed by atoms with Crippen LogP contribution in [-0.4, -0.2) is 62.1 Å². The summed E-state index contributed by atoms with van der Waals surface area (Å²) in [6.07, 6.45) is 2.53. The second-order valence-electron chi connectivity index (χ2n) is 8.30.